The number of nitrogens with zero attached hydrogens (tertiary/aromatic N) is 3. The van der Waals surface area contributed by atoms with Crippen LogP contribution in [0.25, 0.3) is 5.65 Å². The molecule has 0 amide bonds. The van der Waals surface area contributed by atoms with Crippen LogP contribution in [0.4, 0.5) is 4.39 Å². The number of halogens is 1. The molecule has 0 spiro atoms. The van der Waals surface area contributed by atoms with Crippen molar-refractivity contribution in [3.05, 3.63) is 59.1 Å². The summed E-state index contributed by atoms with van der Waals surface area (Å²) in [6.45, 7) is 8.41. The standard InChI is InChI=1S/C18H17FN4/c1-12-14(6-5-13-7-15(19)11-20-9-13)10-21-17-8-16(18(2,3)4)22-23(12)17/h7-11H,1-4H3/p+1. The van der Waals surface area contributed by atoms with E-state index >= 15 is 0 Å². The maximum absolute atomic E-state index is 13.1. The molecule has 0 saturated carbocycles. The fourth-order valence-corrected chi connectivity index (χ4v) is 2.23. The molecular weight excluding hydrogens is 291 g/mol. The molecule has 0 radical (unpaired) electrons. The fraction of sp³-hybridized carbons (Fsp3) is 0.278. The number of hydrogen-bond donors (Lipinski definition) is 1. The highest BCUT2D eigenvalue weighted by Crippen LogP contribution is 2.20. The van der Waals surface area contributed by atoms with E-state index in [1.54, 1.807) is 6.20 Å². The predicted octanol–water partition coefficient (Wildman–Crippen LogP) is 2.69. The lowest BCUT2D eigenvalue weighted by molar-refractivity contribution is -0.587. The number of aromatic nitrogens is 4. The maximum atomic E-state index is 13.1. The first kappa shape index (κ1) is 15.2. The zero-order valence-electron chi connectivity index (χ0n) is 13.6. The molecule has 5 heteroatoms. The third-order valence-corrected chi connectivity index (χ3v) is 3.64. The first-order chi connectivity index (χ1) is 10.8. The van der Waals surface area contributed by atoms with Crippen LogP contribution in [0, 0.1) is 24.6 Å². The van der Waals surface area contributed by atoms with Gasteiger partial charge < -0.3 is 0 Å². The van der Waals surface area contributed by atoms with Crippen molar-refractivity contribution in [1.82, 2.24) is 15.1 Å². The quantitative estimate of drug-likeness (QED) is 0.512. The van der Waals surface area contributed by atoms with Gasteiger partial charge >= 0.3 is 5.65 Å². The van der Waals surface area contributed by atoms with Crippen LogP contribution in [0.5, 0.6) is 0 Å². The van der Waals surface area contributed by atoms with Gasteiger partial charge in [0.2, 0.25) is 0 Å². The van der Waals surface area contributed by atoms with Crippen molar-refractivity contribution in [3.63, 3.8) is 0 Å². The summed E-state index contributed by atoms with van der Waals surface area (Å²) in [6, 6.07) is 3.40. The molecule has 0 aliphatic heterocycles. The Morgan fingerprint density at radius 1 is 1.13 bits per heavy atom. The second-order valence-electron chi connectivity index (χ2n) is 6.51. The summed E-state index contributed by atoms with van der Waals surface area (Å²) in [5.41, 5.74) is 4.25. The first-order valence-electron chi connectivity index (χ1n) is 7.38. The third kappa shape index (κ3) is 3.07. The van der Waals surface area contributed by atoms with Crippen LogP contribution in [0.15, 0.2) is 30.7 Å². The van der Waals surface area contributed by atoms with Gasteiger partial charge in [0.25, 0.3) is 0 Å². The zero-order chi connectivity index (χ0) is 16.6. The van der Waals surface area contributed by atoms with Gasteiger partial charge in [-0.25, -0.2) is 9.49 Å². The van der Waals surface area contributed by atoms with Gasteiger partial charge in [0.15, 0.2) is 6.20 Å². The van der Waals surface area contributed by atoms with Crippen molar-refractivity contribution in [2.45, 2.75) is 33.1 Å². The number of fused-ring (bicyclic) bond motifs is 1. The van der Waals surface area contributed by atoms with E-state index in [0.717, 1.165) is 28.8 Å². The Morgan fingerprint density at radius 2 is 1.91 bits per heavy atom. The summed E-state index contributed by atoms with van der Waals surface area (Å²) >= 11 is 0. The summed E-state index contributed by atoms with van der Waals surface area (Å²) in [7, 11) is 0. The molecule has 0 atom stereocenters. The Labute approximate surface area is 134 Å². The van der Waals surface area contributed by atoms with Crippen molar-refractivity contribution in [2.75, 3.05) is 0 Å². The summed E-state index contributed by atoms with van der Waals surface area (Å²) in [6.07, 6.45) is 4.44. The van der Waals surface area contributed by atoms with Crippen LogP contribution in [-0.2, 0) is 5.41 Å². The SMILES string of the molecule is Cc1c(C#Cc2cncc(F)c2)cnc2cc(C(C)(C)C)[nH][n+]12. The molecule has 3 rings (SSSR count). The van der Waals surface area contributed by atoms with Gasteiger partial charge in [0, 0.05) is 24.1 Å². The lowest BCUT2D eigenvalue weighted by Gasteiger charge is -2.13. The van der Waals surface area contributed by atoms with E-state index in [2.05, 4.69) is 47.7 Å². The molecule has 4 nitrogen and oxygen atoms in total. The average Bonchev–Trinajstić information content (AvgIpc) is 2.92. The lowest BCUT2D eigenvalue weighted by Crippen LogP contribution is -2.30. The number of aryl methyl sites for hydroxylation is 1. The molecule has 3 heterocycles. The number of pyridine rings is 1. The van der Waals surface area contributed by atoms with Gasteiger partial charge in [0.1, 0.15) is 17.1 Å². The second-order valence-corrected chi connectivity index (χ2v) is 6.51. The lowest BCUT2D eigenvalue weighted by atomic mass is 9.93. The molecule has 1 N–H and O–H groups in total. The molecule has 0 aliphatic rings. The largest absolute Gasteiger partial charge is 0.348 e. The number of aromatic amines is 1. The highest BCUT2D eigenvalue weighted by atomic mass is 19.1. The molecule has 0 unspecified atom stereocenters. The van der Waals surface area contributed by atoms with E-state index in [4.69, 9.17) is 0 Å². The fourth-order valence-electron chi connectivity index (χ4n) is 2.23. The highest BCUT2D eigenvalue weighted by molar-refractivity contribution is 5.44. The Kier molecular flexibility index (Phi) is 3.61. The molecule has 0 fully saturated rings. The topological polar surface area (TPSA) is 45.7 Å². The van der Waals surface area contributed by atoms with Crippen molar-refractivity contribution < 1.29 is 8.91 Å². The number of rotatable bonds is 0. The molecule has 3 aromatic rings. The molecule has 0 bridgehead atoms. The van der Waals surface area contributed by atoms with E-state index in [1.165, 1.54) is 12.3 Å². The summed E-state index contributed by atoms with van der Waals surface area (Å²) < 4.78 is 15.1. The molecule has 116 valence electrons. The molecule has 0 saturated heterocycles. The number of hydrogen-bond acceptors (Lipinski definition) is 2. The van der Waals surface area contributed by atoms with Gasteiger partial charge in [-0.3, -0.25) is 4.98 Å². The zero-order valence-corrected chi connectivity index (χ0v) is 13.6. The third-order valence-electron chi connectivity index (χ3n) is 3.64. The van der Waals surface area contributed by atoms with Gasteiger partial charge in [-0.2, -0.15) is 0 Å². The Balaban J connectivity index is 2.05. The monoisotopic (exact) mass is 309 g/mol. The first-order valence-corrected chi connectivity index (χ1v) is 7.38. The van der Waals surface area contributed by atoms with Gasteiger partial charge in [0.05, 0.1) is 18.0 Å². The van der Waals surface area contributed by atoms with Crippen LogP contribution >= 0.6 is 0 Å². The minimum atomic E-state index is -0.393. The summed E-state index contributed by atoms with van der Waals surface area (Å²) in [5.74, 6) is 5.57. The Morgan fingerprint density at radius 3 is 2.61 bits per heavy atom. The van der Waals surface area contributed by atoms with Crippen molar-refractivity contribution in [2.24, 2.45) is 0 Å². The van der Waals surface area contributed by atoms with E-state index in [-0.39, 0.29) is 5.41 Å². The normalized spacial score (nSPS) is 11.3. The highest BCUT2D eigenvalue weighted by Gasteiger charge is 2.22. The van der Waals surface area contributed by atoms with Crippen molar-refractivity contribution in [1.29, 1.82) is 0 Å². The van der Waals surface area contributed by atoms with Crippen molar-refractivity contribution >= 4 is 5.65 Å². The molecular formula is C18H18FN4+. The van der Waals surface area contributed by atoms with Crippen LogP contribution in [0.3, 0.4) is 0 Å². The van der Waals surface area contributed by atoms with E-state index < -0.39 is 5.82 Å². The number of nitrogens with one attached hydrogen (secondary N) is 1. The maximum Gasteiger partial charge on any atom is 0.348 e. The van der Waals surface area contributed by atoms with E-state index in [0.29, 0.717) is 5.56 Å². The Hall–Kier alpha value is -2.74. The minimum Gasteiger partial charge on any atom is -0.260 e. The smallest absolute Gasteiger partial charge is 0.260 e. The van der Waals surface area contributed by atoms with Crippen LogP contribution < -0.4 is 4.52 Å². The number of H-pyrrole nitrogens is 1. The second kappa shape index (κ2) is 5.47. The van der Waals surface area contributed by atoms with Gasteiger partial charge in [-0.15, -0.1) is 4.52 Å². The molecule has 0 aromatic carbocycles. The van der Waals surface area contributed by atoms with E-state index in [1.807, 2.05) is 17.5 Å². The van der Waals surface area contributed by atoms with E-state index in [9.17, 15) is 4.39 Å². The van der Waals surface area contributed by atoms with Crippen LogP contribution in [0.2, 0.25) is 0 Å². The molecule has 0 aliphatic carbocycles. The predicted molar refractivity (Wildman–Crippen MR) is 85.4 cm³/mol. The van der Waals surface area contributed by atoms with Crippen LogP contribution in [0.1, 0.15) is 43.3 Å². The average molecular weight is 309 g/mol. The molecule has 3 aromatic heterocycles. The van der Waals surface area contributed by atoms with Gasteiger partial charge in [-0.05, 0) is 11.1 Å². The summed E-state index contributed by atoms with van der Waals surface area (Å²) in [5, 5.41) is 3.37. The van der Waals surface area contributed by atoms with Gasteiger partial charge in [-0.1, -0.05) is 32.6 Å². The Bertz CT molecular complexity index is 939. The van der Waals surface area contributed by atoms with Crippen molar-refractivity contribution in [3.8, 4) is 11.8 Å². The minimum absolute atomic E-state index is 0.0131. The molecule has 23 heavy (non-hydrogen) atoms. The van der Waals surface area contributed by atoms with Crippen LogP contribution in [-0.4, -0.2) is 15.1 Å². The summed E-state index contributed by atoms with van der Waals surface area (Å²) in [4.78, 5) is 8.24.